The Labute approximate surface area is 103 Å². The molecule has 0 radical (unpaired) electrons. The lowest BCUT2D eigenvalue weighted by Gasteiger charge is -2.03. The number of carboxylic acids is 1. The first-order valence-corrected chi connectivity index (χ1v) is 5.41. The zero-order valence-electron chi connectivity index (χ0n) is 9.44. The Morgan fingerprint density at radius 1 is 1.47 bits per heavy atom. The van der Waals surface area contributed by atoms with E-state index in [1.54, 1.807) is 30.7 Å². The highest BCUT2D eigenvalue weighted by Crippen LogP contribution is 2.23. The maximum Gasteiger partial charge on any atom is 0.354 e. The molecule has 0 saturated heterocycles. The number of aromatic nitrogens is 2. The second-order valence-electron chi connectivity index (χ2n) is 3.74. The fraction of sp³-hybridized carbons (Fsp3) is 0.167. The summed E-state index contributed by atoms with van der Waals surface area (Å²) in [5.74, 6) is -0.381. The fourth-order valence-corrected chi connectivity index (χ4v) is 2.01. The predicted octanol–water partition coefficient (Wildman–Crippen LogP) is 2.75. The maximum absolute atomic E-state index is 11.1. The first-order chi connectivity index (χ1) is 8.00. The molecule has 0 fully saturated rings. The smallest absolute Gasteiger partial charge is 0.354 e. The van der Waals surface area contributed by atoms with Gasteiger partial charge in [-0.25, -0.2) is 9.78 Å². The molecule has 1 aromatic carbocycles. The molecule has 5 heteroatoms. The molecule has 0 amide bonds. The van der Waals surface area contributed by atoms with Gasteiger partial charge in [-0.1, -0.05) is 23.7 Å². The van der Waals surface area contributed by atoms with Crippen LogP contribution in [0.25, 0.3) is 11.4 Å². The lowest BCUT2D eigenvalue weighted by atomic mass is 10.2. The van der Waals surface area contributed by atoms with E-state index >= 15 is 0 Å². The lowest BCUT2D eigenvalue weighted by Crippen LogP contribution is -2.06. The molecule has 1 heterocycles. The van der Waals surface area contributed by atoms with Gasteiger partial charge in [-0.3, -0.25) is 0 Å². The molecule has 0 atom stereocenters. The van der Waals surface area contributed by atoms with Gasteiger partial charge in [-0.15, -0.1) is 0 Å². The van der Waals surface area contributed by atoms with Crippen molar-refractivity contribution in [1.82, 2.24) is 9.55 Å². The monoisotopic (exact) mass is 250 g/mol. The van der Waals surface area contributed by atoms with Crippen LogP contribution in [-0.4, -0.2) is 20.6 Å². The highest BCUT2D eigenvalue weighted by molar-refractivity contribution is 6.30. The van der Waals surface area contributed by atoms with Gasteiger partial charge in [0.05, 0.1) is 5.69 Å². The molecule has 0 saturated carbocycles. The summed E-state index contributed by atoms with van der Waals surface area (Å²) in [6.07, 6.45) is 0. The Balaban J connectivity index is 2.62. The third-order valence-electron chi connectivity index (χ3n) is 2.55. The molecule has 0 spiro atoms. The van der Waals surface area contributed by atoms with E-state index in [4.69, 9.17) is 16.7 Å². The minimum absolute atomic E-state index is 0.194. The Morgan fingerprint density at radius 2 is 2.18 bits per heavy atom. The molecule has 88 valence electrons. The number of carboxylic acid groups (broad SMARTS) is 1. The summed E-state index contributed by atoms with van der Waals surface area (Å²) >= 11 is 5.90. The topological polar surface area (TPSA) is 55.1 Å². The summed E-state index contributed by atoms with van der Waals surface area (Å²) in [5, 5.41) is 9.67. The van der Waals surface area contributed by atoms with Crippen LogP contribution < -0.4 is 0 Å². The van der Waals surface area contributed by atoms with E-state index < -0.39 is 5.97 Å². The number of aromatic carboxylic acids is 1. The SMILES string of the molecule is Cc1nc(-c2cccc(Cl)c2)n(C)c1C(=O)O. The zero-order valence-corrected chi connectivity index (χ0v) is 10.2. The van der Waals surface area contributed by atoms with Crippen molar-refractivity contribution in [3.8, 4) is 11.4 Å². The molecule has 0 bridgehead atoms. The minimum Gasteiger partial charge on any atom is -0.477 e. The molecule has 0 aliphatic heterocycles. The number of hydrogen-bond donors (Lipinski definition) is 1. The van der Waals surface area contributed by atoms with Crippen molar-refractivity contribution >= 4 is 17.6 Å². The van der Waals surface area contributed by atoms with Gasteiger partial charge in [0, 0.05) is 17.6 Å². The van der Waals surface area contributed by atoms with Gasteiger partial charge in [0.15, 0.2) is 0 Å². The number of hydrogen-bond acceptors (Lipinski definition) is 2. The number of halogens is 1. The van der Waals surface area contributed by atoms with Gasteiger partial charge in [-0.2, -0.15) is 0 Å². The summed E-state index contributed by atoms with van der Waals surface area (Å²) in [7, 11) is 1.68. The Hall–Kier alpha value is -1.81. The number of nitrogens with zero attached hydrogens (tertiary/aromatic N) is 2. The number of benzene rings is 1. The Kier molecular flexibility index (Phi) is 2.90. The van der Waals surface area contributed by atoms with Crippen molar-refractivity contribution in [2.75, 3.05) is 0 Å². The van der Waals surface area contributed by atoms with Gasteiger partial charge < -0.3 is 9.67 Å². The average molecular weight is 251 g/mol. The van der Waals surface area contributed by atoms with Crippen LogP contribution in [0.3, 0.4) is 0 Å². The average Bonchev–Trinajstić information content (AvgIpc) is 2.54. The van der Waals surface area contributed by atoms with E-state index in [2.05, 4.69) is 4.98 Å². The summed E-state index contributed by atoms with van der Waals surface area (Å²) in [4.78, 5) is 15.3. The highest BCUT2D eigenvalue weighted by Gasteiger charge is 2.18. The molecule has 1 N–H and O–H groups in total. The van der Waals surface area contributed by atoms with Crippen LogP contribution in [0.1, 0.15) is 16.2 Å². The van der Waals surface area contributed by atoms with Crippen LogP contribution in [0.4, 0.5) is 0 Å². The van der Waals surface area contributed by atoms with Crippen LogP contribution in [0.5, 0.6) is 0 Å². The van der Waals surface area contributed by atoms with Gasteiger partial charge in [-0.05, 0) is 19.1 Å². The van der Waals surface area contributed by atoms with E-state index in [1.807, 2.05) is 12.1 Å². The number of imidazole rings is 1. The van der Waals surface area contributed by atoms with Crippen LogP contribution >= 0.6 is 11.6 Å². The molecule has 4 nitrogen and oxygen atoms in total. The minimum atomic E-state index is -0.981. The molecule has 0 unspecified atom stereocenters. The second-order valence-corrected chi connectivity index (χ2v) is 4.18. The van der Waals surface area contributed by atoms with Crippen molar-refractivity contribution in [2.24, 2.45) is 7.05 Å². The normalized spacial score (nSPS) is 10.5. The van der Waals surface area contributed by atoms with Gasteiger partial charge in [0.1, 0.15) is 11.5 Å². The first kappa shape index (κ1) is 11.7. The Morgan fingerprint density at radius 3 is 2.71 bits per heavy atom. The summed E-state index contributed by atoms with van der Waals surface area (Å²) in [5.41, 5.74) is 1.49. The number of carbonyl (C=O) groups is 1. The van der Waals surface area contributed by atoms with Crippen LogP contribution in [-0.2, 0) is 7.05 Å². The zero-order chi connectivity index (χ0) is 12.6. The molecule has 2 rings (SSSR count). The van der Waals surface area contributed by atoms with Gasteiger partial charge in [0.25, 0.3) is 0 Å². The van der Waals surface area contributed by atoms with E-state index in [0.717, 1.165) is 5.56 Å². The summed E-state index contributed by atoms with van der Waals surface area (Å²) in [6.45, 7) is 1.68. The second kappa shape index (κ2) is 4.22. The molecule has 17 heavy (non-hydrogen) atoms. The largest absolute Gasteiger partial charge is 0.477 e. The third-order valence-corrected chi connectivity index (χ3v) is 2.79. The van der Waals surface area contributed by atoms with Crippen molar-refractivity contribution in [3.63, 3.8) is 0 Å². The van der Waals surface area contributed by atoms with Gasteiger partial charge >= 0.3 is 5.97 Å². The molecule has 0 aliphatic carbocycles. The quantitative estimate of drug-likeness (QED) is 0.892. The van der Waals surface area contributed by atoms with Crippen molar-refractivity contribution in [1.29, 1.82) is 0 Å². The van der Waals surface area contributed by atoms with Crippen molar-refractivity contribution < 1.29 is 9.90 Å². The third kappa shape index (κ3) is 2.03. The number of rotatable bonds is 2. The van der Waals surface area contributed by atoms with Crippen molar-refractivity contribution in [3.05, 3.63) is 40.7 Å². The van der Waals surface area contributed by atoms with Crippen LogP contribution in [0.2, 0.25) is 5.02 Å². The lowest BCUT2D eigenvalue weighted by molar-refractivity contribution is 0.0686. The molecule has 1 aromatic heterocycles. The molecule has 2 aromatic rings. The van der Waals surface area contributed by atoms with E-state index in [1.165, 1.54) is 0 Å². The summed E-state index contributed by atoms with van der Waals surface area (Å²) < 4.78 is 1.56. The van der Waals surface area contributed by atoms with Crippen LogP contribution in [0, 0.1) is 6.92 Å². The van der Waals surface area contributed by atoms with Gasteiger partial charge in [0.2, 0.25) is 0 Å². The Bertz CT molecular complexity index is 590. The summed E-state index contributed by atoms with van der Waals surface area (Å²) in [6, 6.07) is 7.18. The number of aryl methyl sites for hydroxylation is 1. The molecule has 0 aliphatic rings. The van der Waals surface area contributed by atoms with E-state index in [0.29, 0.717) is 16.5 Å². The maximum atomic E-state index is 11.1. The highest BCUT2D eigenvalue weighted by atomic mass is 35.5. The standard InChI is InChI=1S/C12H11ClN2O2/c1-7-10(12(16)17)15(2)11(14-7)8-4-3-5-9(13)6-8/h3-6H,1-2H3,(H,16,17). The van der Waals surface area contributed by atoms with E-state index in [-0.39, 0.29) is 5.69 Å². The van der Waals surface area contributed by atoms with E-state index in [9.17, 15) is 4.79 Å². The van der Waals surface area contributed by atoms with Crippen LogP contribution in [0.15, 0.2) is 24.3 Å². The molecular weight excluding hydrogens is 240 g/mol. The first-order valence-electron chi connectivity index (χ1n) is 5.03. The fourth-order valence-electron chi connectivity index (χ4n) is 1.82. The molecular formula is C12H11ClN2O2. The van der Waals surface area contributed by atoms with Crippen molar-refractivity contribution in [2.45, 2.75) is 6.92 Å². The predicted molar refractivity (Wildman–Crippen MR) is 65.4 cm³/mol.